The number of sulfone groups is 1. The van der Waals surface area contributed by atoms with Gasteiger partial charge in [-0.1, -0.05) is 22.9 Å². The molecule has 0 amide bonds. The van der Waals surface area contributed by atoms with Gasteiger partial charge in [0.1, 0.15) is 20.5 Å². The smallest absolute Gasteiger partial charge is 0.265 e. The molecule has 0 saturated carbocycles. The zero-order valence-electron chi connectivity index (χ0n) is 10.7. The van der Waals surface area contributed by atoms with E-state index in [1.807, 2.05) is 0 Å². The van der Waals surface area contributed by atoms with Crippen molar-refractivity contribution in [3.63, 3.8) is 0 Å². The summed E-state index contributed by atoms with van der Waals surface area (Å²) in [5.41, 5.74) is 0. The molecule has 5 nitrogen and oxygen atoms in total. The third-order valence-electron chi connectivity index (χ3n) is 2.47. The molecule has 0 N–H and O–H groups in total. The lowest BCUT2D eigenvalue weighted by atomic mass is 10.3. The lowest BCUT2D eigenvalue weighted by molar-refractivity contribution is 0.309. The summed E-state index contributed by atoms with van der Waals surface area (Å²) in [6.07, 6.45) is 0.286. The molecule has 0 aliphatic rings. The molecule has 0 aromatic heterocycles. The average molecular weight is 406 g/mol. The van der Waals surface area contributed by atoms with Crippen LogP contribution in [0.15, 0.2) is 27.6 Å². The van der Waals surface area contributed by atoms with Crippen molar-refractivity contribution in [2.75, 3.05) is 18.1 Å². The second kappa shape index (κ2) is 7.11. The van der Waals surface area contributed by atoms with Crippen LogP contribution in [-0.4, -0.2) is 34.9 Å². The van der Waals surface area contributed by atoms with E-state index >= 15 is 0 Å². The summed E-state index contributed by atoms with van der Waals surface area (Å²) in [7, 11) is -1.66. The maximum Gasteiger partial charge on any atom is 0.265 e. The Morgan fingerprint density at radius 2 is 1.90 bits per heavy atom. The first kappa shape index (κ1) is 17.7. The minimum Gasteiger partial charge on any atom is -0.492 e. The second-order valence-electron chi connectivity index (χ2n) is 3.97. The van der Waals surface area contributed by atoms with Crippen LogP contribution >= 0.6 is 26.6 Å². The Kier molecular flexibility index (Phi) is 6.30. The SMILES string of the molecule is CCS(=O)(=O)CCCOc1ccc(Br)cc1S(=O)(=O)Cl. The van der Waals surface area contributed by atoms with Crippen molar-refractivity contribution in [1.82, 2.24) is 0 Å². The molecule has 0 fully saturated rings. The number of halogens is 2. The lowest BCUT2D eigenvalue weighted by Gasteiger charge is -2.10. The summed E-state index contributed by atoms with van der Waals surface area (Å²) in [5.74, 6) is 0.187. The first-order chi connectivity index (χ1) is 9.15. The van der Waals surface area contributed by atoms with E-state index in [1.165, 1.54) is 12.1 Å². The molecule has 0 aliphatic heterocycles. The largest absolute Gasteiger partial charge is 0.492 e. The quantitative estimate of drug-likeness (QED) is 0.515. The average Bonchev–Trinajstić information content (AvgIpc) is 2.35. The molecule has 1 aromatic carbocycles. The van der Waals surface area contributed by atoms with Crippen molar-refractivity contribution in [3.8, 4) is 5.75 Å². The van der Waals surface area contributed by atoms with Crippen LogP contribution in [0.25, 0.3) is 0 Å². The zero-order valence-corrected chi connectivity index (χ0v) is 14.6. The number of hydrogen-bond donors (Lipinski definition) is 0. The summed E-state index contributed by atoms with van der Waals surface area (Å²) in [6.45, 7) is 1.67. The van der Waals surface area contributed by atoms with Gasteiger partial charge in [0, 0.05) is 20.9 Å². The number of hydrogen-bond acceptors (Lipinski definition) is 5. The minimum atomic E-state index is -3.93. The number of benzene rings is 1. The molecule has 0 atom stereocenters. The Morgan fingerprint density at radius 1 is 1.25 bits per heavy atom. The molecule has 9 heteroatoms. The normalized spacial score (nSPS) is 12.3. The van der Waals surface area contributed by atoms with Gasteiger partial charge in [0.15, 0.2) is 0 Å². The molecule has 1 rings (SSSR count). The highest BCUT2D eigenvalue weighted by Gasteiger charge is 2.17. The van der Waals surface area contributed by atoms with Crippen LogP contribution in [0.2, 0.25) is 0 Å². The van der Waals surface area contributed by atoms with Gasteiger partial charge in [0.2, 0.25) is 0 Å². The first-order valence-electron chi connectivity index (χ1n) is 5.73. The predicted molar refractivity (Wildman–Crippen MR) is 81.6 cm³/mol. The third-order valence-corrected chi connectivity index (χ3v) is 6.09. The lowest BCUT2D eigenvalue weighted by Crippen LogP contribution is -2.12. The van der Waals surface area contributed by atoms with E-state index in [9.17, 15) is 16.8 Å². The van der Waals surface area contributed by atoms with Gasteiger partial charge in [-0.05, 0) is 24.6 Å². The first-order valence-corrected chi connectivity index (χ1v) is 10.7. The van der Waals surface area contributed by atoms with Crippen molar-refractivity contribution >= 4 is 45.5 Å². The van der Waals surface area contributed by atoms with Crippen LogP contribution in [0.3, 0.4) is 0 Å². The topological polar surface area (TPSA) is 77.5 Å². The molecule has 0 bridgehead atoms. The molecule has 0 aliphatic carbocycles. The van der Waals surface area contributed by atoms with E-state index in [4.69, 9.17) is 15.4 Å². The van der Waals surface area contributed by atoms with Crippen LogP contribution in [0.5, 0.6) is 5.75 Å². The molecule has 0 heterocycles. The van der Waals surface area contributed by atoms with Gasteiger partial charge in [0.25, 0.3) is 9.05 Å². The summed E-state index contributed by atoms with van der Waals surface area (Å²) in [4.78, 5) is -0.146. The van der Waals surface area contributed by atoms with Gasteiger partial charge in [-0.3, -0.25) is 0 Å². The fourth-order valence-electron chi connectivity index (χ4n) is 1.40. The van der Waals surface area contributed by atoms with Gasteiger partial charge in [-0.25, -0.2) is 16.8 Å². The monoisotopic (exact) mass is 404 g/mol. The molecular formula is C11H14BrClO5S2. The van der Waals surface area contributed by atoms with E-state index in [-0.39, 0.29) is 35.2 Å². The Labute approximate surface area is 131 Å². The number of ether oxygens (including phenoxy) is 1. The molecule has 0 spiro atoms. The van der Waals surface area contributed by atoms with Crippen LogP contribution < -0.4 is 4.74 Å². The standard InChI is InChI=1S/C11H14BrClO5S2/c1-2-19(14,15)7-3-6-18-10-5-4-9(12)8-11(10)20(13,16)17/h4-5,8H,2-3,6-7H2,1H3. The molecular weight excluding hydrogens is 392 g/mol. The van der Waals surface area contributed by atoms with Gasteiger partial charge >= 0.3 is 0 Å². The zero-order chi connectivity index (χ0) is 15.4. The third kappa shape index (κ3) is 5.59. The fourth-order valence-corrected chi connectivity index (χ4v) is 3.75. The molecule has 0 radical (unpaired) electrons. The Morgan fingerprint density at radius 3 is 2.45 bits per heavy atom. The van der Waals surface area contributed by atoms with E-state index in [1.54, 1.807) is 13.0 Å². The van der Waals surface area contributed by atoms with Crippen LogP contribution in [0, 0.1) is 0 Å². The van der Waals surface area contributed by atoms with Crippen LogP contribution in [0.1, 0.15) is 13.3 Å². The van der Waals surface area contributed by atoms with Gasteiger partial charge in [-0.2, -0.15) is 0 Å². The second-order valence-corrected chi connectivity index (χ2v) is 9.89. The minimum absolute atomic E-state index is 0.00296. The van der Waals surface area contributed by atoms with Crippen molar-refractivity contribution in [2.45, 2.75) is 18.2 Å². The van der Waals surface area contributed by atoms with Gasteiger partial charge in [0.05, 0.1) is 12.4 Å². The summed E-state index contributed by atoms with van der Waals surface area (Å²) in [5, 5.41) is 0. The molecule has 114 valence electrons. The maximum atomic E-state index is 11.4. The van der Waals surface area contributed by atoms with Gasteiger partial charge < -0.3 is 4.74 Å². The van der Waals surface area contributed by atoms with Gasteiger partial charge in [-0.15, -0.1) is 0 Å². The molecule has 0 unspecified atom stereocenters. The van der Waals surface area contributed by atoms with Crippen LogP contribution in [-0.2, 0) is 18.9 Å². The highest BCUT2D eigenvalue weighted by Crippen LogP contribution is 2.30. The Bertz CT molecular complexity index is 670. The van der Waals surface area contributed by atoms with Crippen LogP contribution in [0.4, 0.5) is 0 Å². The molecule has 1 aromatic rings. The number of rotatable bonds is 7. The maximum absolute atomic E-state index is 11.4. The molecule has 20 heavy (non-hydrogen) atoms. The van der Waals surface area contributed by atoms with E-state index in [0.717, 1.165) is 0 Å². The van der Waals surface area contributed by atoms with E-state index in [2.05, 4.69) is 15.9 Å². The highest BCUT2D eigenvalue weighted by molar-refractivity contribution is 9.10. The van der Waals surface area contributed by atoms with Crippen molar-refractivity contribution in [1.29, 1.82) is 0 Å². The highest BCUT2D eigenvalue weighted by atomic mass is 79.9. The fraction of sp³-hybridized carbons (Fsp3) is 0.455. The van der Waals surface area contributed by atoms with Crippen molar-refractivity contribution < 1.29 is 21.6 Å². The summed E-state index contributed by atoms with van der Waals surface area (Å²) < 4.78 is 51.3. The van der Waals surface area contributed by atoms with E-state index in [0.29, 0.717) is 4.47 Å². The van der Waals surface area contributed by atoms with Crippen molar-refractivity contribution in [3.05, 3.63) is 22.7 Å². The van der Waals surface area contributed by atoms with Crippen molar-refractivity contribution in [2.24, 2.45) is 0 Å². The Balaban J connectivity index is 2.75. The Hall–Kier alpha value is -0.310. The summed E-state index contributed by atoms with van der Waals surface area (Å²) in [6, 6.07) is 4.41. The summed E-state index contributed by atoms with van der Waals surface area (Å²) >= 11 is 3.15. The predicted octanol–water partition coefficient (Wildman–Crippen LogP) is 2.58. The van der Waals surface area contributed by atoms with E-state index < -0.39 is 18.9 Å². The molecule has 0 saturated heterocycles.